The number of anilines is 1. The molecule has 19 heavy (non-hydrogen) atoms. The van der Waals surface area contributed by atoms with Gasteiger partial charge in [-0.1, -0.05) is 13.8 Å². The van der Waals surface area contributed by atoms with E-state index in [0.29, 0.717) is 24.9 Å². The molecule has 2 rings (SSSR count). The highest BCUT2D eigenvalue weighted by Crippen LogP contribution is 2.20. The molecule has 102 valence electrons. The molecule has 0 radical (unpaired) electrons. The molecule has 2 unspecified atom stereocenters. The number of likely N-dealkylation sites (tertiary alicyclic amines) is 1. The number of hydrogen-bond acceptors (Lipinski definition) is 4. The van der Waals surface area contributed by atoms with Gasteiger partial charge in [-0.3, -0.25) is 14.9 Å². The molecule has 1 aliphatic rings. The second-order valence-corrected chi connectivity index (χ2v) is 5.18. The van der Waals surface area contributed by atoms with Gasteiger partial charge in [-0.25, -0.2) is 9.97 Å². The molecule has 1 N–H and O–H groups in total. The first kappa shape index (κ1) is 13.5. The maximum absolute atomic E-state index is 12.1. The third-order valence-electron chi connectivity index (χ3n) is 3.14. The number of rotatable bonds is 1. The Morgan fingerprint density at radius 2 is 1.79 bits per heavy atom. The molecular formula is C13H18N4O2. The summed E-state index contributed by atoms with van der Waals surface area (Å²) >= 11 is 0. The van der Waals surface area contributed by atoms with Crippen molar-refractivity contribution in [2.24, 2.45) is 11.8 Å². The fourth-order valence-corrected chi connectivity index (χ4v) is 2.49. The summed E-state index contributed by atoms with van der Waals surface area (Å²) in [6.45, 7) is 5.45. The van der Waals surface area contributed by atoms with Crippen molar-refractivity contribution in [2.45, 2.75) is 20.3 Å². The van der Waals surface area contributed by atoms with Gasteiger partial charge in [0.25, 0.3) is 0 Å². The fourth-order valence-electron chi connectivity index (χ4n) is 2.49. The highest BCUT2D eigenvalue weighted by molar-refractivity contribution is 6.39. The second kappa shape index (κ2) is 5.77. The van der Waals surface area contributed by atoms with E-state index in [2.05, 4.69) is 29.1 Å². The van der Waals surface area contributed by atoms with Crippen LogP contribution in [0.4, 0.5) is 5.95 Å². The number of aromatic nitrogens is 2. The predicted molar refractivity (Wildman–Crippen MR) is 70.2 cm³/mol. The van der Waals surface area contributed by atoms with E-state index in [9.17, 15) is 9.59 Å². The Hall–Kier alpha value is -1.98. The summed E-state index contributed by atoms with van der Waals surface area (Å²) in [6.07, 6.45) is 4.11. The molecule has 6 heteroatoms. The van der Waals surface area contributed by atoms with Gasteiger partial charge >= 0.3 is 11.8 Å². The minimum atomic E-state index is -0.674. The van der Waals surface area contributed by atoms with Crippen molar-refractivity contribution >= 4 is 17.8 Å². The van der Waals surface area contributed by atoms with Crippen LogP contribution in [0.1, 0.15) is 20.3 Å². The summed E-state index contributed by atoms with van der Waals surface area (Å²) in [5.74, 6) is -0.181. The summed E-state index contributed by atoms with van der Waals surface area (Å²) in [7, 11) is 0. The van der Waals surface area contributed by atoms with Crippen molar-refractivity contribution in [1.82, 2.24) is 14.9 Å². The van der Waals surface area contributed by atoms with Gasteiger partial charge in [0, 0.05) is 25.5 Å². The molecule has 0 saturated carbocycles. The van der Waals surface area contributed by atoms with Crippen molar-refractivity contribution < 1.29 is 9.59 Å². The fraction of sp³-hybridized carbons (Fsp3) is 0.538. The lowest BCUT2D eigenvalue weighted by molar-refractivity contribution is -0.145. The lowest BCUT2D eigenvalue weighted by Gasteiger charge is -2.34. The van der Waals surface area contributed by atoms with E-state index < -0.39 is 11.8 Å². The summed E-state index contributed by atoms with van der Waals surface area (Å²) in [6, 6.07) is 1.64. The van der Waals surface area contributed by atoms with E-state index in [1.54, 1.807) is 11.0 Å². The molecule has 1 fully saturated rings. The molecule has 6 nitrogen and oxygen atoms in total. The van der Waals surface area contributed by atoms with E-state index in [-0.39, 0.29) is 5.95 Å². The first-order chi connectivity index (χ1) is 9.06. The highest BCUT2D eigenvalue weighted by Gasteiger charge is 2.29. The molecule has 0 aliphatic carbocycles. The Morgan fingerprint density at radius 3 is 2.37 bits per heavy atom. The van der Waals surface area contributed by atoms with Crippen LogP contribution in [0.5, 0.6) is 0 Å². The lowest BCUT2D eigenvalue weighted by Crippen LogP contribution is -2.47. The lowest BCUT2D eigenvalue weighted by atomic mass is 9.92. The maximum atomic E-state index is 12.1. The number of carbonyl (C=O) groups excluding carboxylic acids is 2. The zero-order valence-electron chi connectivity index (χ0n) is 11.2. The average molecular weight is 262 g/mol. The molecular weight excluding hydrogens is 244 g/mol. The SMILES string of the molecule is CC1CC(C)CN(C(=O)C(=O)Nc2ncccn2)C1. The van der Waals surface area contributed by atoms with Gasteiger partial charge in [-0.2, -0.15) is 0 Å². The molecule has 0 spiro atoms. The van der Waals surface area contributed by atoms with Gasteiger partial charge in [0.2, 0.25) is 5.95 Å². The Balaban J connectivity index is 1.97. The Morgan fingerprint density at radius 1 is 1.21 bits per heavy atom. The van der Waals surface area contributed by atoms with Crippen molar-refractivity contribution in [2.75, 3.05) is 18.4 Å². The van der Waals surface area contributed by atoms with Crippen LogP contribution in [0.3, 0.4) is 0 Å². The van der Waals surface area contributed by atoms with Crippen LogP contribution >= 0.6 is 0 Å². The number of nitrogens with one attached hydrogen (secondary N) is 1. The molecule has 0 aromatic carbocycles. The number of carbonyl (C=O) groups is 2. The monoisotopic (exact) mass is 262 g/mol. The molecule has 1 aromatic rings. The first-order valence-corrected chi connectivity index (χ1v) is 6.43. The standard InChI is InChI=1S/C13H18N4O2/c1-9-6-10(2)8-17(7-9)12(19)11(18)16-13-14-4-3-5-15-13/h3-5,9-10H,6-8H2,1-2H3,(H,14,15,16,18). The first-order valence-electron chi connectivity index (χ1n) is 6.43. The quantitative estimate of drug-likeness (QED) is 0.764. The van der Waals surface area contributed by atoms with Gasteiger partial charge in [0.05, 0.1) is 0 Å². The molecule has 2 heterocycles. The van der Waals surface area contributed by atoms with Gasteiger partial charge in [-0.05, 0) is 24.3 Å². The zero-order chi connectivity index (χ0) is 13.8. The van der Waals surface area contributed by atoms with E-state index in [0.717, 1.165) is 6.42 Å². The van der Waals surface area contributed by atoms with Crippen molar-refractivity contribution in [3.8, 4) is 0 Å². The molecule has 1 aliphatic heterocycles. The Bertz CT molecular complexity index is 453. The summed E-state index contributed by atoms with van der Waals surface area (Å²) in [5.41, 5.74) is 0. The van der Waals surface area contributed by atoms with E-state index in [4.69, 9.17) is 0 Å². The number of amides is 2. The minimum Gasteiger partial charge on any atom is -0.334 e. The summed E-state index contributed by atoms with van der Waals surface area (Å²) in [5, 5.41) is 2.42. The van der Waals surface area contributed by atoms with Crippen LogP contribution in [-0.4, -0.2) is 39.8 Å². The van der Waals surface area contributed by atoms with Crippen LogP contribution in [-0.2, 0) is 9.59 Å². The molecule has 1 saturated heterocycles. The van der Waals surface area contributed by atoms with Crippen molar-refractivity contribution in [1.29, 1.82) is 0 Å². The maximum Gasteiger partial charge on any atom is 0.316 e. The Labute approximate surface area is 112 Å². The van der Waals surface area contributed by atoms with Gasteiger partial charge in [0.1, 0.15) is 0 Å². The zero-order valence-corrected chi connectivity index (χ0v) is 11.2. The van der Waals surface area contributed by atoms with Crippen LogP contribution in [0.2, 0.25) is 0 Å². The predicted octanol–water partition coefficient (Wildman–Crippen LogP) is 0.920. The van der Waals surface area contributed by atoms with Crippen LogP contribution in [0.15, 0.2) is 18.5 Å². The number of nitrogens with zero attached hydrogens (tertiary/aromatic N) is 3. The Kier molecular flexibility index (Phi) is 4.09. The third-order valence-corrected chi connectivity index (χ3v) is 3.14. The highest BCUT2D eigenvalue weighted by atomic mass is 16.2. The third kappa shape index (κ3) is 3.49. The molecule has 0 bridgehead atoms. The van der Waals surface area contributed by atoms with E-state index >= 15 is 0 Å². The smallest absolute Gasteiger partial charge is 0.316 e. The molecule has 2 atom stereocenters. The van der Waals surface area contributed by atoms with E-state index in [1.807, 2.05) is 0 Å². The van der Waals surface area contributed by atoms with E-state index in [1.165, 1.54) is 12.4 Å². The summed E-state index contributed by atoms with van der Waals surface area (Å²) in [4.78, 5) is 33.2. The van der Waals surface area contributed by atoms with Gasteiger partial charge < -0.3 is 4.90 Å². The second-order valence-electron chi connectivity index (χ2n) is 5.18. The van der Waals surface area contributed by atoms with Crippen LogP contribution in [0, 0.1) is 11.8 Å². The van der Waals surface area contributed by atoms with Crippen LogP contribution in [0.25, 0.3) is 0 Å². The summed E-state index contributed by atoms with van der Waals surface area (Å²) < 4.78 is 0. The molecule has 1 aromatic heterocycles. The van der Waals surface area contributed by atoms with Crippen molar-refractivity contribution in [3.63, 3.8) is 0 Å². The topological polar surface area (TPSA) is 75.2 Å². The number of hydrogen-bond donors (Lipinski definition) is 1. The largest absolute Gasteiger partial charge is 0.334 e. The number of piperidine rings is 1. The van der Waals surface area contributed by atoms with Crippen molar-refractivity contribution in [3.05, 3.63) is 18.5 Å². The van der Waals surface area contributed by atoms with Gasteiger partial charge in [-0.15, -0.1) is 0 Å². The van der Waals surface area contributed by atoms with Gasteiger partial charge in [0.15, 0.2) is 0 Å². The molecule has 2 amide bonds. The van der Waals surface area contributed by atoms with Crippen LogP contribution < -0.4 is 5.32 Å². The minimum absolute atomic E-state index is 0.152. The normalized spacial score (nSPS) is 22.9. The average Bonchev–Trinajstić information content (AvgIpc) is 2.37.